The van der Waals surface area contributed by atoms with Gasteiger partial charge in [-0.3, -0.25) is 10.4 Å². The van der Waals surface area contributed by atoms with Crippen molar-refractivity contribution in [3.05, 3.63) is 5.82 Å². The molecule has 1 aromatic rings. The maximum Gasteiger partial charge on any atom is 0.208 e. The number of nitriles is 1. The Labute approximate surface area is 99.0 Å². The highest BCUT2D eigenvalue weighted by Crippen LogP contribution is 2.21. The number of aromatic amines is 1. The first-order valence-electron chi connectivity index (χ1n) is 5.45. The van der Waals surface area contributed by atoms with Gasteiger partial charge in [-0.2, -0.15) is 5.26 Å². The average Bonchev–Trinajstić information content (AvgIpc) is 3.00. The largest absolute Gasteiger partial charge is 0.299 e. The van der Waals surface area contributed by atoms with E-state index in [4.69, 9.17) is 5.26 Å². The van der Waals surface area contributed by atoms with Crippen LogP contribution in [0.2, 0.25) is 0 Å². The van der Waals surface area contributed by atoms with Gasteiger partial charge in [0.15, 0.2) is 0 Å². The fourth-order valence-corrected chi connectivity index (χ4v) is 2.22. The Hall–Kier alpha value is -1.06. The molecular weight excluding hydrogens is 222 g/mol. The zero-order valence-electron chi connectivity index (χ0n) is 9.23. The van der Waals surface area contributed by atoms with Crippen molar-refractivity contribution < 1.29 is 0 Å². The molecule has 1 unspecified atom stereocenters. The van der Waals surface area contributed by atoms with Gasteiger partial charge in [0.05, 0.1) is 12.1 Å². The van der Waals surface area contributed by atoms with Crippen molar-refractivity contribution in [1.82, 2.24) is 20.5 Å². The molecule has 0 radical (unpaired) electrons. The number of thioether (sulfide) groups is 1. The summed E-state index contributed by atoms with van der Waals surface area (Å²) in [7, 11) is 0. The number of aromatic nitrogens is 3. The quantitative estimate of drug-likeness (QED) is 0.728. The third-order valence-electron chi connectivity index (χ3n) is 2.38. The summed E-state index contributed by atoms with van der Waals surface area (Å²) >= 11 is 1.59. The molecular formula is C10H15N5S. The van der Waals surface area contributed by atoms with Crippen LogP contribution in [0.3, 0.4) is 0 Å². The van der Waals surface area contributed by atoms with E-state index in [0.29, 0.717) is 6.04 Å². The van der Waals surface area contributed by atoms with Crippen LogP contribution in [0.4, 0.5) is 0 Å². The van der Waals surface area contributed by atoms with Crippen LogP contribution in [0.25, 0.3) is 0 Å². The van der Waals surface area contributed by atoms with Crippen molar-refractivity contribution in [3.8, 4) is 6.07 Å². The van der Waals surface area contributed by atoms with Crippen LogP contribution in [0.5, 0.6) is 0 Å². The molecule has 1 saturated carbocycles. The van der Waals surface area contributed by atoms with E-state index >= 15 is 0 Å². The summed E-state index contributed by atoms with van der Waals surface area (Å²) in [6.07, 6.45) is 3.27. The standard InChI is InChI=1S/C10H15N5S/c1-7-12-10(15-14-7)16-5-4-9(6-11)13-8-2-3-8/h8-9,13H,2-5H2,1H3,(H,12,14,15). The second kappa shape index (κ2) is 5.32. The highest BCUT2D eigenvalue weighted by atomic mass is 32.2. The topological polar surface area (TPSA) is 77.4 Å². The van der Waals surface area contributed by atoms with Crippen molar-refractivity contribution in [1.29, 1.82) is 5.26 Å². The minimum atomic E-state index is -0.0277. The molecule has 1 atom stereocenters. The van der Waals surface area contributed by atoms with E-state index in [-0.39, 0.29) is 6.04 Å². The lowest BCUT2D eigenvalue weighted by molar-refractivity contribution is 0.587. The Morgan fingerprint density at radius 2 is 2.50 bits per heavy atom. The van der Waals surface area contributed by atoms with E-state index in [1.807, 2.05) is 6.92 Å². The number of nitrogens with one attached hydrogen (secondary N) is 2. The van der Waals surface area contributed by atoms with Crippen molar-refractivity contribution >= 4 is 11.8 Å². The van der Waals surface area contributed by atoms with Gasteiger partial charge in [0, 0.05) is 11.8 Å². The van der Waals surface area contributed by atoms with Gasteiger partial charge < -0.3 is 0 Å². The second-order valence-corrected chi connectivity index (χ2v) is 5.03. The van der Waals surface area contributed by atoms with Crippen LogP contribution < -0.4 is 5.32 Å². The van der Waals surface area contributed by atoms with Crippen molar-refractivity contribution in [2.45, 2.75) is 43.4 Å². The summed E-state index contributed by atoms with van der Waals surface area (Å²) in [5, 5.41) is 19.9. The Morgan fingerprint density at radius 3 is 3.06 bits per heavy atom. The molecule has 0 aromatic carbocycles. The summed E-state index contributed by atoms with van der Waals surface area (Å²) < 4.78 is 0. The SMILES string of the molecule is Cc1nc(SCCC(C#N)NC2CC2)n[nH]1. The van der Waals surface area contributed by atoms with E-state index in [2.05, 4.69) is 26.6 Å². The third-order valence-corrected chi connectivity index (χ3v) is 3.27. The normalized spacial score (nSPS) is 17.0. The summed E-state index contributed by atoms with van der Waals surface area (Å²) in [4.78, 5) is 4.20. The van der Waals surface area contributed by atoms with E-state index in [1.165, 1.54) is 12.8 Å². The Morgan fingerprint density at radius 1 is 1.69 bits per heavy atom. The Kier molecular flexibility index (Phi) is 3.80. The molecule has 0 aliphatic heterocycles. The van der Waals surface area contributed by atoms with Crippen molar-refractivity contribution in [2.75, 3.05) is 5.75 Å². The van der Waals surface area contributed by atoms with E-state index < -0.39 is 0 Å². The zero-order chi connectivity index (χ0) is 11.4. The molecule has 2 rings (SSSR count). The van der Waals surface area contributed by atoms with Crippen LogP contribution in [-0.4, -0.2) is 33.0 Å². The highest BCUT2D eigenvalue weighted by molar-refractivity contribution is 7.99. The van der Waals surface area contributed by atoms with Crippen LogP contribution in [0.1, 0.15) is 25.1 Å². The number of H-pyrrole nitrogens is 1. The van der Waals surface area contributed by atoms with Gasteiger partial charge in [0.25, 0.3) is 0 Å². The number of aryl methyl sites for hydroxylation is 1. The molecule has 5 nitrogen and oxygen atoms in total. The number of nitrogens with zero attached hydrogens (tertiary/aromatic N) is 3. The van der Waals surface area contributed by atoms with Crippen LogP contribution in [-0.2, 0) is 0 Å². The fraction of sp³-hybridized carbons (Fsp3) is 0.700. The molecule has 1 aromatic heterocycles. The van der Waals surface area contributed by atoms with Gasteiger partial charge in [-0.1, -0.05) is 11.8 Å². The molecule has 1 heterocycles. The molecule has 0 saturated heterocycles. The Balaban J connectivity index is 1.67. The minimum absolute atomic E-state index is 0.0277. The second-order valence-electron chi connectivity index (χ2n) is 3.96. The number of hydrogen-bond donors (Lipinski definition) is 2. The minimum Gasteiger partial charge on any atom is -0.299 e. The maximum atomic E-state index is 8.94. The molecule has 16 heavy (non-hydrogen) atoms. The monoisotopic (exact) mass is 237 g/mol. The summed E-state index contributed by atoms with van der Waals surface area (Å²) in [5.41, 5.74) is 0. The lowest BCUT2D eigenvalue weighted by Crippen LogP contribution is -2.29. The van der Waals surface area contributed by atoms with E-state index in [1.54, 1.807) is 11.8 Å². The maximum absolute atomic E-state index is 8.94. The summed E-state index contributed by atoms with van der Waals surface area (Å²) in [5.74, 6) is 1.70. The number of rotatable bonds is 6. The molecule has 1 aliphatic rings. The molecule has 2 N–H and O–H groups in total. The smallest absolute Gasteiger partial charge is 0.208 e. The van der Waals surface area contributed by atoms with Crippen LogP contribution in [0, 0.1) is 18.3 Å². The average molecular weight is 237 g/mol. The molecule has 1 aliphatic carbocycles. The summed E-state index contributed by atoms with van der Waals surface area (Å²) in [6, 6.07) is 2.85. The lowest BCUT2D eigenvalue weighted by atomic mass is 10.2. The van der Waals surface area contributed by atoms with E-state index in [0.717, 1.165) is 23.2 Å². The van der Waals surface area contributed by atoms with Crippen LogP contribution >= 0.6 is 11.8 Å². The van der Waals surface area contributed by atoms with Crippen molar-refractivity contribution in [2.24, 2.45) is 0 Å². The van der Waals surface area contributed by atoms with Crippen molar-refractivity contribution in [3.63, 3.8) is 0 Å². The predicted octanol–water partition coefficient (Wildman–Crippen LogP) is 1.24. The van der Waals surface area contributed by atoms with Gasteiger partial charge in [-0.05, 0) is 26.2 Å². The molecule has 6 heteroatoms. The Bertz CT molecular complexity index is 379. The number of hydrogen-bond acceptors (Lipinski definition) is 5. The van der Waals surface area contributed by atoms with Gasteiger partial charge in [-0.15, -0.1) is 5.10 Å². The summed E-state index contributed by atoms with van der Waals surface area (Å²) in [6.45, 7) is 1.88. The van der Waals surface area contributed by atoms with Crippen LogP contribution in [0.15, 0.2) is 5.16 Å². The van der Waals surface area contributed by atoms with Gasteiger partial charge in [-0.25, -0.2) is 4.98 Å². The molecule has 0 bridgehead atoms. The van der Waals surface area contributed by atoms with Gasteiger partial charge in [0.2, 0.25) is 5.16 Å². The predicted molar refractivity (Wildman–Crippen MR) is 62.0 cm³/mol. The first kappa shape index (κ1) is 11.4. The molecule has 0 amide bonds. The first-order chi connectivity index (χ1) is 7.78. The first-order valence-corrected chi connectivity index (χ1v) is 6.44. The zero-order valence-corrected chi connectivity index (χ0v) is 10.0. The highest BCUT2D eigenvalue weighted by Gasteiger charge is 2.24. The van der Waals surface area contributed by atoms with Gasteiger partial charge in [0.1, 0.15) is 5.82 Å². The van der Waals surface area contributed by atoms with E-state index in [9.17, 15) is 0 Å². The van der Waals surface area contributed by atoms with Gasteiger partial charge >= 0.3 is 0 Å². The molecule has 86 valence electrons. The lowest BCUT2D eigenvalue weighted by Gasteiger charge is -2.08. The molecule has 0 spiro atoms. The fourth-order valence-electron chi connectivity index (χ4n) is 1.37. The third kappa shape index (κ3) is 3.51. The molecule has 1 fully saturated rings.